The van der Waals surface area contributed by atoms with Gasteiger partial charge in [0.25, 0.3) is 5.91 Å². The summed E-state index contributed by atoms with van der Waals surface area (Å²) in [5.41, 5.74) is 0.604. The van der Waals surface area contributed by atoms with Gasteiger partial charge in [0, 0.05) is 19.1 Å². The lowest BCUT2D eigenvalue weighted by Crippen LogP contribution is -2.26. The Labute approximate surface area is 130 Å². The quantitative estimate of drug-likeness (QED) is 0.774. The minimum Gasteiger partial charge on any atom is -0.345 e. The maximum absolute atomic E-state index is 12.2. The van der Waals surface area contributed by atoms with Crippen LogP contribution in [-0.2, 0) is 0 Å². The van der Waals surface area contributed by atoms with Crippen LogP contribution in [0.2, 0.25) is 0 Å². The molecule has 2 rings (SSSR count). The molecule has 0 aliphatic rings. The number of thiol groups is 1. The van der Waals surface area contributed by atoms with Crippen LogP contribution in [0, 0.1) is 6.92 Å². The number of hydrogen-bond donors (Lipinski definition) is 2. The molecule has 0 saturated heterocycles. The molecule has 1 aromatic heterocycles. The van der Waals surface area contributed by atoms with E-state index in [0.717, 1.165) is 14.2 Å². The predicted octanol–water partition coefficient (Wildman–Crippen LogP) is 4.60. The fourth-order valence-corrected chi connectivity index (χ4v) is 3.23. The smallest absolute Gasteiger partial charge is 0.252 e. The van der Waals surface area contributed by atoms with Crippen LogP contribution in [-0.4, -0.2) is 5.91 Å². The molecule has 0 spiro atoms. The minimum atomic E-state index is -0.0960. The van der Waals surface area contributed by atoms with Crippen LogP contribution in [0.5, 0.6) is 0 Å². The number of amides is 1. The molecule has 1 heterocycles. The second-order valence-corrected chi connectivity index (χ2v) is 7.00. The maximum Gasteiger partial charge on any atom is 0.252 e. The average Bonchev–Trinajstić information content (AvgIpc) is 2.79. The summed E-state index contributed by atoms with van der Waals surface area (Å²) < 4.78 is 0.775. The summed E-state index contributed by atoms with van der Waals surface area (Å²) in [6.45, 7) is 4.05. The topological polar surface area (TPSA) is 29.1 Å². The van der Waals surface area contributed by atoms with Crippen molar-refractivity contribution in [3.05, 3.63) is 50.1 Å². The van der Waals surface area contributed by atoms with Crippen molar-refractivity contribution in [3.8, 4) is 0 Å². The number of nitrogens with one attached hydrogen (secondary N) is 1. The number of thiophene rings is 1. The van der Waals surface area contributed by atoms with E-state index in [1.807, 2.05) is 19.1 Å². The first-order chi connectivity index (χ1) is 8.97. The van der Waals surface area contributed by atoms with Gasteiger partial charge in [-0.15, -0.1) is 24.0 Å². The van der Waals surface area contributed by atoms with Gasteiger partial charge < -0.3 is 5.32 Å². The number of carbonyl (C=O) groups excluding carboxylic acids is 1. The summed E-state index contributed by atoms with van der Waals surface area (Å²) in [7, 11) is 0. The number of rotatable bonds is 3. The number of carbonyl (C=O) groups is 1. The summed E-state index contributed by atoms with van der Waals surface area (Å²) in [4.78, 5) is 15.4. The Morgan fingerprint density at radius 2 is 2.11 bits per heavy atom. The largest absolute Gasteiger partial charge is 0.345 e. The highest BCUT2D eigenvalue weighted by Gasteiger charge is 2.15. The summed E-state index contributed by atoms with van der Waals surface area (Å²) >= 11 is 9.35. The molecule has 1 atom stereocenters. The molecule has 0 bridgehead atoms. The monoisotopic (exact) mass is 355 g/mol. The van der Waals surface area contributed by atoms with E-state index in [1.165, 1.54) is 4.88 Å². The van der Waals surface area contributed by atoms with Crippen molar-refractivity contribution in [3.63, 3.8) is 0 Å². The average molecular weight is 356 g/mol. The van der Waals surface area contributed by atoms with Crippen molar-refractivity contribution in [2.75, 3.05) is 0 Å². The van der Waals surface area contributed by atoms with E-state index >= 15 is 0 Å². The molecule has 2 nitrogen and oxygen atoms in total. The van der Waals surface area contributed by atoms with E-state index < -0.39 is 0 Å². The highest BCUT2D eigenvalue weighted by atomic mass is 79.9. The van der Waals surface area contributed by atoms with Gasteiger partial charge in [0.2, 0.25) is 0 Å². The lowest BCUT2D eigenvalue weighted by Gasteiger charge is -2.13. The van der Waals surface area contributed by atoms with Gasteiger partial charge >= 0.3 is 0 Å². The van der Waals surface area contributed by atoms with Gasteiger partial charge in [0.15, 0.2) is 0 Å². The Balaban J connectivity index is 2.15. The van der Waals surface area contributed by atoms with Crippen LogP contribution < -0.4 is 5.32 Å². The van der Waals surface area contributed by atoms with Gasteiger partial charge in [-0.1, -0.05) is 0 Å². The van der Waals surface area contributed by atoms with Crippen LogP contribution >= 0.6 is 39.9 Å². The zero-order valence-electron chi connectivity index (χ0n) is 10.6. The zero-order valence-corrected chi connectivity index (χ0v) is 13.9. The zero-order chi connectivity index (χ0) is 14.0. The van der Waals surface area contributed by atoms with Crippen molar-refractivity contribution in [2.24, 2.45) is 0 Å². The Bertz CT molecular complexity index is 609. The lowest BCUT2D eigenvalue weighted by atomic mass is 10.2. The highest BCUT2D eigenvalue weighted by molar-refractivity contribution is 9.10. The van der Waals surface area contributed by atoms with E-state index in [1.54, 1.807) is 17.4 Å². The number of halogens is 1. The van der Waals surface area contributed by atoms with Gasteiger partial charge in [-0.2, -0.15) is 0 Å². The van der Waals surface area contributed by atoms with Gasteiger partial charge in [-0.25, -0.2) is 0 Å². The lowest BCUT2D eigenvalue weighted by molar-refractivity contribution is 0.0939. The normalized spacial score (nSPS) is 12.2. The molecule has 5 heteroatoms. The van der Waals surface area contributed by atoms with E-state index in [0.29, 0.717) is 5.56 Å². The molecule has 2 aromatic rings. The van der Waals surface area contributed by atoms with Crippen molar-refractivity contribution < 1.29 is 4.79 Å². The third-order valence-corrected chi connectivity index (χ3v) is 4.88. The third-order valence-electron chi connectivity index (χ3n) is 2.73. The van der Waals surface area contributed by atoms with Gasteiger partial charge in [-0.05, 0) is 60.1 Å². The summed E-state index contributed by atoms with van der Waals surface area (Å²) in [6.07, 6.45) is 0. The molecule has 1 aromatic carbocycles. The van der Waals surface area contributed by atoms with Crippen LogP contribution in [0.1, 0.15) is 33.1 Å². The highest BCUT2D eigenvalue weighted by Crippen LogP contribution is 2.24. The van der Waals surface area contributed by atoms with Crippen molar-refractivity contribution in [2.45, 2.75) is 24.8 Å². The van der Waals surface area contributed by atoms with Gasteiger partial charge in [-0.3, -0.25) is 4.79 Å². The van der Waals surface area contributed by atoms with Gasteiger partial charge in [0.05, 0.1) is 11.6 Å². The molecule has 1 amide bonds. The van der Waals surface area contributed by atoms with E-state index in [9.17, 15) is 4.79 Å². The molecular formula is C14H14BrNOS2. The molecule has 19 heavy (non-hydrogen) atoms. The molecule has 100 valence electrons. The molecular weight excluding hydrogens is 342 g/mol. The van der Waals surface area contributed by atoms with Gasteiger partial charge in [0.1, 0.15) is 0 Å². The molecule has 0 radical (unpaired) electrons. The second kappa shape index (κ2) is 6.11. The molecule has 0 aliphatic heterocycles. The Morgan fingerprint density at radius 3 is 2.74 bits per heavy atom. The number of hydrogen-bond acceptors (Lipinski definition) is 3. The van der Waals surface area contributed by atoms with Crippen LogP contribution in [0.3, 0.4) is 0 Å². The Hall–Kier alpha value is -0.780. The fraction of sp³-hybridized carbons (Fsp3) is 0.214. The first-order valence-corrected chi connectivity index (χ1v) is 7.89. The van der Waals surface area contributed by atoms with Crippen molar-refractivity contribution >= 4 is 45.8 Å². The second-order valence-electron chi connectivity index (χ2n) is 4.31. The summed E-state index contributed by atoms with van der Waals surface area (Å²) in [5.74, 6) is -0.0960. The molecule has 1 unspecified atom stereocenters. The molecule has 1 N–H and O–H groups in total. The first kappa shape index (κ1) is 14.6. The predicted molar refractivity (Wildman–Crippen MR) is 86.3 cm³/mol. The fourth-order valence-electron chi connectivity index (χ4n) is 1.72. The summed E-state index contributed by atoms with van der Waals surface area (Å²) in [5, 5.41) is 3.00. The van der Waals surface area contributed by atoms with E-state index in [-0.39, 0.29) is 11.9 Å². The Kier molecular flexibility index (Phi) is 4.71. The van der Waals surface area contributed by atoms with Crippen LogP contribution in [0.15, 0.2) is 39.7 Å². The van der Waals surface area contributed by atoms with Crippen molar-refractivity contribution in [1.82, 2.24) is 5.32 Å². The van der Waals surface area contributed by atoms with Crippen LogP contribution in [0.4, 0.5) is 0 Å². The van der Waals surface area contributed by atoms with Crippen molar-refractivity contribution in [1.29, 1.82) is 0 Å². The van der Waals surface area contributed by atoms with E-state index in [4.69, 9.17) is 0 Å². The Morgan fingerprint density at radius 1 is 1.37 bits per heavy atom. The number of aryl methyl sites for hydroxylation is 1. The maximum atomic E-state index is 12.2. The standard InChI is InChI=1S/C14H14BrNOS2/c1-8-3-6-13(19-8)9(2)16-14(17)11-7-10(18)4-5-12(11)15/h3-7,9,18H,1-2H3,(H,16,17). The summed E-state index contributed by atoms with van der Waals surface area (Å²) in [6, 6.07) is 9.55. The molecule has 0 aliphatic carbocycles. The number of benzene rings is 1. The minimum absolute atomic E-state index is 0.00155. The SMILES string of the molecule is Cc1ccc(C(C)NC(=O)c2cc(S)ccc2Br)s1. The molecule has 0 fully saturated rings. The molecule has 0 saturated carbocycles. The van der Waals surface area contributed by atoms with Crippen LogP contribution in [0.25, 0.3) is 0 Å². The first-order valence-electron chi connectivity index (χ1n) is 5.83. The third kappa shape index (κ3) is 3.61. The van der Waals surface area contributed by atoms with E-state index in [2.05, 4.69) is 52.9 Å².